The number of aryl methyl sites for hydroxylation is 1. The first-order valence-corrected chi connectivity index (χ1v) is 7.31. The molecular formula is C12H20N4S. The lowest BCUT2D eigenvalue weighted by molar-refractivity contribution is 0.173. The minimum atomic E-state index is 0.496. The Kier molecular flexibility index (Phi) is 3.04. The molecule has 0 radical (unpaired) electrons. The van der Waals surface area contributed by atoms with Crippen molar-refractivity contribution in [2.45, 2.75) is 32.6 Å². The normalized spacial score (nSPS) is 29.8. The van der Waals surface area contributed by atoms with Gasteiger partial charge in [0.25, 0.3) is 0 Å². The molecule has 0 aliphatic carbocycles. The van der Waals surface area contributed by atoms with Gasteiger partial charge in [-0.1, -0.05) is 0 Å². The van der Waals surface area contributed by atoms with Crippen molar-refractivity contribution in [3.63, 3.8) is 0 Å². The Hall–Kier alpha value is -0.680. The predicted molar refractivity (Wildman–Crippen MR) is 70.6 cm³/mol. The van der Waals surface area contributed by atoms with Crippen LogP contribution in [0.25, 0.3) is 0 Å². The third-order valence-electron chi connectivity index (χ3n) is 4.01. The Morgan fingerprint density at radius 1 is 1.35 bits per heavy atom. The van der Waals surface area contributed by atoms with Gasteiger partial charge in [-0.05, 0) is 39.2 Å². The molecule has 1 atom stereocenters. The fourth-order valence-corrected chi connectivity index (χ4v) is 3.86. The third kappa shape index (κ3) is 2.31. The molecule has 1 N–H and O–H groups in total. The van der Waals surface area contributed by atoms with E-state index in [-0.39, 0.29) is 0 Å². The summed E-state index contributed by atoms with van der Waals surface area (Å²) in [5, 5.41) is 4.68. The molecule has 2 fully saturated rings. The van der Waals surface area contributed by atoms with Gasteiger partial charge in [0.15, 0.2) is 0 Å². The average Bonchev–Trinajstić information content (AvgIpc) is 2.77. The number of hydrogen-bond donors (Lipinski definition) is 1. The summed E-state index contributed by atoms with van der Waals surface area (Å²) in [6.07, 6.45) is 5.35. The average molecular weight is 252 g/mol. The summed E-state index contributed by atoms with van der Waals surface area (Å²) < 4.78 is 4.30. The molecule has 1 aromatic rings. The third-order valence-corrected chi connectivity index (χ3v) is 4.88. The number of anilines is 1. The number of aromatic nitrogens is 2. The maximum Gasteiger partial charge on any atom is 0.205 e. The van der Waals surface area contributed by atoms with Crippen LogP contribution in [0.3, 0.4) is 0 Å². The first-order valence-electron chi connectivity index (χ1n) is 6.53. The second-order valence-corrected chi connectivity index (χ2v) is 6.16. The van der Waals surface area contributed by atoms with Crippen molar-refractivity contribution in [1.29, 1.82) is 0 Å². The molecule has 1 unspecified atom stereocenters. The van der Waals surface area contributed by atoms with E-state index in [0.29, 0.717) is 5.41 Å². The molecular weight excluding hydrogens is 232 g/mol. The smallest absolute Gasteiger partial charge is 0.205 e. The Bertz CT molecular complexity index is 378. The van der Waals surface area contributed by atoms with Crippen molar-refractivity contribution in [2.75, 3.05) is 31.1 Å². The molecule has 94 valence electrons. The van der Waals surface area contributed by atoms with Gasteiger partial charge in [0.2, 0.25) is 5.13 Å². The van der Waals surface area contributed by atoms with E-state index < -0.39 is 0 Å². The van der Waals surface area contributed by atoms with Crippen LogP contribution in [0, 0.1) is 12.3 Å². The second kappa shape index (κ2) is 4.53. The number of hydrogen-bond acceptors (Lipinski definition) is 5. The zero-order valence-corrected chi connectivity index (χ0v) is 11.2. The zero-order valence-electron chi connectivity index (χ0n) is 10.4. The Morgan fingerprint density at radius 2 is 2.24 bits per heavy atom. The van der Waals surface area contributed by atoms with Crippen LogP contribution in [0.1, 0.15) is 31.5 Å². The minimum Gasteiger partial charge on any atom is -0.346 e. The van der Waals surface area contributed by atoms with Gasteiger partial charge in [0.05, 0.1) is 0 Å². The second-order valence-electron chi connectivity index (χ2n) is 5.43. The van der Waals surface area contributed by atoms with Crippen molar-refractivity contribution in [1.82, 2.24) is 14.7 Å². The molecule has 5 heteroatoms. The Morgan fingerprint density at radius 3 is 2.94 bits per heavy atom. The van der Waals surface area contributed by atoms with E-state index in [4.69, 9.17) is 0 Å². The van der Waals surface area contributed by atoms with Crippen LogP contribution in [-0.4, -0.2) is 35.5 Å². The molecule has 2 aliphatic rings. The molecule has 0 bridgehead atoms. The molecule has 0 amide bonds. The first kappa shape index (κ1) is 11.4. The van der Waals surface area contributed by atoms with Crippen molar-refractivity contribution < 1.29 is 0 Å². The van der Waals surface area contributed by atoms with Crippen LogP contribution in [0.2, 0.25) is 0 Å². The SMILES string of the molecule is Cc1nsc(N2CCCC3(CCCNC3)C2)n1. The molecule has 3 heterocycles. The van der Waals surface area contributed by atoms with Gasteiger partial charge in [-0.25, -0.2) is 4.98 Å². The van der Waals surface area contributed by atoms with Crippen molar-refractivity contribution in [2.24, 2.45) is 5.41 Å². The molecule has 0 saturated carbocycles. The van der Waals surface area contributed by atoms with Crippen LogP contribution in [-0.2, 0) is 0 Å². The molecule has 1 aromatic heterocycles. The van der Waals surface area contributed by atoms with E-state index in [1.165, 1.54) is 38.8 Å². The number of nitrogens with zero attached hydrogens (tertiary/aromatic N) is 3. The van der Waals surface area contributed by atoms with E-state index in [1.54, 1.807) is 11.5 Å². The van der Waals surface area contributed by atoms with Gasteiger partial charge in [0.1, 0.15) is 5.82 Å². The van der Waals surface area contributed by atoms with E-state index in [0.717, 1.165) is 24.0 Å². The number of rotatable bonds is 1. The molecule has 3 rings (SSSR count). The highest BCUT2D eigenvalue weighted by molar-refractivity contribution is 7.09. The van der Waals surface area contributed by atoms with Crippen LogP contribution in [0.4, 0.5) is 5.13 Å². The summed E-state index contributed by atoms with van der Waals surface area (Å²) in [6, 6.07) is 0. The summed E-state index contributed by atoms with van der Waals surface area (Å²) in [6.45, 7) is 6.66. The number of nitrogens with one attached hydrogen (secondary N) is 1. The highest BCUT2D eigenvalue weighted by Gasteiger charge is 2.37. The quantitative estimate of drug-likeness (QED) is 0.828. The lowest BCUT2D eigenvalue weighted by Crippen LogP contribution is -2.51. The van der Waals surface area contributed by atoms with E-state index >= 15 is 0 Å². The molecule has 2 saturated heterocycles. The van der Waals surface area contributed by atoms with Crippen LogP contribution in [0.15, 0.2) is 0 Å². The topological polar surface area (TPSA) is 41.1 Å². The fraction of sp³-hybridized carbons (Fsp3) is 0.833. The van der Waals surface area contributed by atoms with E-state index in [9.17, 15) is 0 Å². The monoisotopic (exact) mass is 252 g/mol. The Balaban J connectivity index is 1.74. The highest BCUT2D eigenvalue weighted by atomic mass is 32.1. The standard InChI is InChI=1S/C12H20N4S/c1-10-14-11(17-15-10)16-7-3-5-12(9-16)4-2-6-13-8-12/h13H,2-9H2,1H3. The summed E-state index contributed by atoms with van der Waals surface area (Å²) in [5.74, 6) is 0.909. The maximum absolute atomic E-state index is 4.53. The lowest BCUT2D eigenvalue weighted by atomic mass is 9.74. The van der Waals surface area contributed by atoms with Gasteiger partial charge in [-0.3, -0.25) is 0 Å². The zero-order chi connectivity index (χ0) is 11.7. The van der Waals surface area contributed by atoms with Crippen LogP contribution in [0.5, 0.6) is 0 Å². The summed E-state index contributed by atoms with van der Waals surface area (Å²) >= 11 is 1.55. The van der Waals surface area contributed by atoms with Gasteiger partial charge in [0, 0.05) is 36.6 Å². The van der Waals surface area contributed by atoms with Crippen molar-refractivity contribution in [3.8, 4) is 0 Å². The minimum absolute atomic E-state index is 0.496. The maximum atomic E-state index is 4.53. The highest BCUT2D eigenvalue weighted by Crippen LogP contribution is 2.37. The molecule has 4 nitrogen and oxygen atoms in total. The van der Waals surface area contributed by atoms with Gasteiger partial charge in [-0.2, -0.15) is 4.37 Å². The van der Waals surface area contributed by atoms with Gasteiger partial charge < -0.3 is 10.2 Å². The van der Waals surface area contributed by atoms with E-state index in [2.05, 4.69) is 19.6 Å². The molecule has 2 aliphatic heterocycles. The lowest BCUT2D eigenvalue weighted by Gasteiger charge is -2.45. The first-order chi connectivity index (χ1) is 8.27. The fourth-order valence-electron chi connectivity index (χ4n) is 3.16. The van der Waals surface area contributed by atoms with Crippen LogP contribution >= 0.6 is 11.5 Å². The molecule has 17 heavy (non-hydrogen) atoms. The Labute approximate surface area is 107 Å². The summed E-state index contributed by atoms with van der Waals surface area (Å²) in [7, 11) is 0. The largest absolute Gasteiger partial charge is 0.346 e. The van der Waals surface area contributed by atoms with Crippen molar-refractivity contribution in [3.05, 3.63) is 5.82 Å². The van der Waals surface area contributed by atoms with Crippen LogP contribution < -0.4 is 10.2 Å². The number of piperidine rings is 2. The summed E-state index contributed by atoms with van der Waals surface area (Å²) in [5.41, 5.74) is 0.496. The predicted octanol–water partition coefficient (Wildman–Crippen LogP) is 1.82. The molecule has 1 spiro atoms. The van der Waals surface area contributed by atoms with Crippen molar-refractivity contribution >= 4 is 16.7 Å². The van der Waals surface area contributed by atoms with Gasteiger partial charge >= 0.3 is 0 Å². The molecule has 0 aromatic carbocycles. The van der Waals surface area contributed by atoms with E-state index in [1.807, 2.05) is 6.92 Å². The van der Waals surface area contributed by atoms with Gasteiger partial charge in [-0.15, -0.1) is 0 Å². The summed E-state index contributed by atoms with van der Waals surface area (Å²) in [4.78, 5) is 6.97.